The van der Waals surface area contributed by atoms with E-state index in [2.05, 4.69) is 20.5 Å². The van der Waals surface area contributed by atoms with Crippen molar-refractivity contribution < 1.29 is 20.4 Å². The van der Waals surface area contributed by atoms with Crippen LogP contribution in [0.15, 0.2) is 30.3 Å². The van der Waals surface area contributed by atoms with Crippen molar-refractivity contribution in [3.8, 4) is 34.6 Å². The Morgan fingerprint density at radius 2 is 1.69 bits per heavy atom. The maximum Gasteiger partial charge on any atom is 0.236 e. The van der Waals surface area contributed by atoms with E-state index in [1.165, 1.54) is 0 Å². The summed E-state index contributed by atoms with van der Waals surface area (Å²) in [5.74, 6) is 2.07. The van der Waals surface area contributed by atoms with Crippen LogP contribution in [0, 0.1) is 6.92 Å². The fourth-order valence-corrected chi connectivity index (χ4v) is 2.71. The molecule has 0 bridgehead atoms. The van der Waals surface area contributed by atoms with Crippen molar-refractivity contribution >= 4 is 12.4 Å². The number of carbonyl (C=O) groups is 1. The van der Waals surface area contributed by atoms with E-state index in [9.17, 15) is 4.79 Å². The molecule has 0 fully saturated rings. The molecule has 1 aromatic carbocycles. The van der Waals surface area contributed by atoms with Gasteiger partial charge >= 0.3 is 0 Å². The highest BCUT2D eigenvalue weighted by atomic mass is 16.5. The number of carbonyl (C=O) groups excluding carboxylic acids is 1. The van der Waals surface area contributed by atoms with Gasteiger partial charge in [-0.25, -0.2) is 4.98 Å². The molecule has 2 heterocycles. The van der Waals surface area contributed by atoms with Gasteiger partial charge in [-0.05, 0) is 30.7 Å². The first-order chi connectivity index (χ1) is 14.1. The van der Waals surface area contributed by atoms with E-state index in [1.807, 2.05) is 26.8 Å². The number of pyridine rings is 1. The number of rotatable bonds is 7. The number of ether oxygens (including phenoxy) is 3. The van der Waals surface area contributed by atoms with Crippen LogP contribution in [-0.2, 0) is 4.79 Å². The molecule has 9 nitrogen and oxygen atoms in total. The van der Waals surface area contributed by atoms with Gasteiger partial charge in [-0.15, -0.1) is 10.2 Å². The summed E-state index contributed by atoms with van der Waals surface area (Å²) >= 11 is 0. The van der Waals surface area contributed by atoms with E-state index in [4.69, 9.17) is 14.2 Å². The number of hydrogen-bond acceptors (Lipinski definition) is 7. The highest BCUT2D eigenvalue weighted by Gasteiger charge is 2.23. The zero-order chi connectivity index (χ0) is 21.4. The number of nitrogens with one attached hydrogen (secondary N) is 1. The first kappa shape index (κ1) is 21.7. The van der Waals surface area contributed by atoms with Crippen molar-refractivity contribution in [3.05, 3.63) is 35.9 Å². The van der Waals surface area contributed by atoms with Crippen LogP contribution in [0.25, 0.3) is 17.2 Å². The standard InChI is InChI=1S/C18H19N5O4.C2H6.H2/c1-11-8-12(20-15(9-11)27-4)17-21-22-18(19-10-24)23(17)16-13(25-2)6-5-7-14(16)26-3;1-2;/h5-10H,1-4H3,(H,19,22,24);1-2H3;1H. The van der Waals surface area contributed by atoms with E-state index in [-0.39, 0.29) is 7.37 Å². The minimum atomic E-state index is 0. The molecule has 0 radical (unpaired) electrons. The molecule has 3 rings (SSSR count). The van der Waals surface area contributed by atoms with Crippen molar-refractivity contribution in [1.29, 1.82) is 0 Å². The van der Waals surface area contributed by atoms with Gasteiger partial charge in [0, 0.05) is 7.49 Å². The summed E-state index contributed by atoms with van der Waals surface area (Å²) in [6, 6.07) is 8.99. The number of amides is 1. The molecule has 3 aromatic rings. The summed E-state index contributed by atoms with van der Waals surface area (Å²) in [5.41, 5.74) is 1.99. The molecule has 0 saturated heterocycles. The Bertz CT molecular complexity index is 956. The third-order valence-electron chi connectivity index (χ3n) is 3.86. The van der Waals surface area contributed by atoms with Gasteiger partial charge < -0.3 is 14.2 Å². The Morgan fingerprint density at radius 3 is 2.24 bits per heavy atom. The van der Waals surface area contributed by atoms with Crippen molar-refractivity contribution in [1.82, 2.24) is 19.7 Å². The number of hydrogen-bond donors (Lipinski definition) is 1. The Balaban J connectivity index is 0.00000146. The zero-order valence-corrected chi connectivity index (χ0v) is 17.4. The molecule has 0 spiro atoms. The molecule has 0 aliphatic rings. The molecule has 0 unspecified atom stereocenters. The van der Waals surface area contributed by atoms with Gasteiger partial charge in [-0.1, -0.05) is 19.9 Å². The third-order valence-corrected chi connectivity index (χ3v) is 3.86. The highest BCUT2D eigenvalue weighted by Crippen LogP contribution is 2.37. The zero-order valence-electron chi connectivity index (χ0n) is 17.4. The molecule has 0 saturated carbocycles. The maximum atomic E-state index is 11.1. The SMILES string of the molecule is CC.COc1cc(C)cc(-c2nnc(NC=O)n2-c2c(OC)cccc2OC)n1.[HH]. The molecule has 1 N–H and O–H groups in total. The van der Waals surface area contributed by atoms with Crippen molar-refractivity contribution in [2.45, 2.75) is 20.8 Å². The average molecular weight is 401 g/mol. The lowest BCUT2D eigenvalue weighted by molar-refractivity contribution is -0.105. The van der Waals surface area contributed by atoms with Gasteiger partial charge in [0.2, 0.25) is 18.2 Å². The summed E-state index contributed by atoms with van der Waals surface area (Å²) in [4.78, 5) is 15.5. The van der Waals surface area contributed by atoms with Crippen LogP contribution in [0.2, 0.25) is 0 Å². The van der Waals surface area contributed by atoms with Crippen molar-refractivity contribution in [3.63, 3.8) is 0 Å². The first-order valence-corrected chi connectivity index (χ1v) is 9.03. The fraction of sp³-hybridized carbons (Fsp3) is 0.300. The fourth-order valence-electron chi connectivity index (χ4n) is 2.71. The molecule has 0 aliphatic heterocycles. The average Bonchev–Trinajstić information content (AvgIpc) is 3.17. The third kappa shape index (κ3) is 4.45. The monoisotopic (exact) mass is 401 g/mol. The van der Waals surface area contributed by atoms with Gasteiger partial charge in [0.25, 0.3) is 0 Å². The normalized spacial score (nSPS) is 9.86. The van der Waals surface area contributed by atoms with Crippen molar-refractivity contribution in [2.24, 2.45) is 0 Å². The summed E-state index contributed by atoms with van der Waals surface area (Å²) in [5, 5.41) is 10.8. The summed E-state index contributed by atoms with van der Waals surface area (Å²) in [6.45, 7) is 5.92. The van der Waals surface area contributed by atoms with Crippen LogP contribution in [0.5, 0.6) is 17.4 Å². The highest BCUT2D eigenvalue weighted by molar-refractivity contribution is 5.73. The number of anilines is 1. The van der Waals surface area contributed by atoms with Crippen LogP contribution < -0.4 is 19.5 Å². The number of aromatic nitrogens is 4. The smallest absolute Gasteiger partial charge is 0.236 e. The lowest BCUT2D eigenvalue weighted by atomic mass is 10.2. The second-order valence-corrected chi connectivity index (χ2v) is 5.53. The molecule has 0 aliphatic carbocycles. The lowest BCUT2D eigenvalue weighted by Crippen LogP contribution is -2.09. The van der Waals surface area contributed by atoms with Gasteiger partial charge in [0.1, 0.15) is 22.9 Å². The number of methoxy groups -OCH3 is 3. The van der Waals surface area contributed by atoms with E-state index in [0.717, 1.165) is 5.56 Å². The minimum absolute atomic E-state index is 0. The number of aryl methyl sites for hydroxylation is 1. The van der Waals surface area contributed by atoms with E-state index < -0.39 is 0 Å². The quantitative estimate of drug-likeness (QED) is 0.605. The molecule has 156 valence electrons. The molecule has 9 heteroatoms. The Labute approximate surface area is 171 Å². The second-order valence-electron chi connectivity index (χ2n) is 5.53. The predicted molar refractivity (Wildman–Crippen MR) is 112 cm³/mol. The van der Waals surface area contributed by atoms with Crippen LogP contribution in [0.1, 0.15) is 20.8 Å². The van der Waals surface area contributed by atoms with E-state index in [0.29, 0.717) is 41.0 Å². The van der Waals surface area contributed by atoms with Crippen LogP contribution in [0.3, 0.4) is 0 Å². The molecular weight excluding hydrogens is 374 g/mol. The van der Waals surface area contributed by atoms with Crippen LogP contribution in [-0.4, -0.2) is 47.5 Å². The van der Waals surface area contributed by atoms with Crippen LogP contribution in [0.4, 0.5) is 5.95 Å². The van der Waals surface area contributed by atoms with Crippen LogP contribution >= 0.6 is 0 Å². The molecule has 1 amide bonds. The largest absolute Gasteiger partial charge is 0.494 e. The van der Waals surface area contributed by atoms with Gasteiger partial charge in [-0.3, -0.25) is 14.7 Å². The first-order valence-electron chi connectivity index (χ1n) is 9.03. The van der Waals surface area contributed by atoms with E-state index >= 15 is 0 Å². The second kappa shape index (κ2) is 10.1. The topological polar surface area (TPSA) is 100 Å². The molecule has 29 heavy (non-hydrogen) atoms. The number of nitrogens with zero attached hydrogens (tertiary/aromatic N) is 4. The lowest BCUT2D eigenvalue weighted by Gasteiger charge is -2.16. The van der Waals surface area contributed by atoms with Crippen molar-refractivity contribution in [2.75, 3.05) is 26.6 Å². The number of benzene rings is 1. The minimum Gasteiger partial charge on any atom is -0.494 e. The van der Waals surface area contributed by atoms with Gasteiger partial charge in [0.05, 0.1) is 21.3 Å². The van der Waals surface area contributed by atoms with Gasteiger partial charge in [-0.2, -0.15) is 0 Å². The van der Waals surface area contributed by atoms with E-state index in [1.54, 1.807) is 50.2 Å². The van der Waals surface area contributed by atoms with Gasteiger partial charge in [0.15, 0.2) is 5.82 Å². The molecule has 0 atom stereocenters. The maximum absolute atomic E-state index is 11.1. The Morgan fingerprint density at radius 1 is 1.03 bits per heavy atom. The summed E-state index contributed by atoms with van der Waals surface area (Å²) in [6.07, 6.45) is 0.524. The molecular formula is C20H27N5O4. The summed E-state index contributed by atoms with van der Waals surface area (Å²) in [7, 11) is 4.63. The summed E-state index contributed by atoms with van der Waals surface area (Å²) < 4.78 is 17.8. The molecule has 2 aromatic heterocycles. The number of para-hydroxylation sites is 1. The Hall–Kier alpha value is -3.62. The Kier molecular flexibility index (Phi) is 7.53. The predicted octanol–water partition coefficient (Wildman–Crippen LogP) is 3.50.